The van der Waals surface area contributed by atoms with E-state index in [0.29, 0.717) is 15.4 Å². The van der Waals surface area contributed by atoms with Gasteiger partial charge in [0, 0.05) is 16.1 Å². The van der Waals surface area contributed by atoms with Gasteiger partial charge in [0.1, 0.15) is 4.90 Å². The second-order valence-corrected chi connectivity index (χ2v) is 7.94. The first-order valence-corrected chi connectivity index (χ1v) is 9.59. The minimum Gasteiger partial charge on any atom is -0.378 e. The maximum Gasteiger partial charge on any atom is 0.339 e. The number of aryl methyl sites for hydroxylation is 1. The van der Waals surface area contributed by atoms with Crippen LogP contribution in [0.25, 0.3) is 10.9 Å². The second kappa shape index (κ2) is 6.57. The molecule has 0 saturated heterocycles. The third-order valence-electron chi connectivity index (χ3n) is 3.72. The lowest BCUT2D eigenvalue weighted by Crippen LogP contribution is -2.12. The van der Waals surface area contributed by atoms with Gasteiger partial charge in [0.15, 0.2) is 11.5 Å². The number of hydrogen-bond donors (Lipinski definition) is 0. The van der Waals surface area contributed by atoms with Crippen molar-refractivity contribution in [2.24, 2.45) is 0 Å². The molecule has 3 rings (SSSR count). The molecule has 128 valence electrons. The average Bonchev–Trinajstić information content (AvgIpc) is 2.56. The van der Waals surface area contributed by atoms with Crippen LogP contribution in [0.4, 0.5) is 0 Å². The van der Waals surface area contributed by atoms with E-state index in [9.17, 15) is 13.2 Å². The van der Waals surface area contributed by atoms with E-state index in [2.05, 4.69) is 20.9 Å². The van der Waals surface area contributed by atoms with Crippen molar-refractivity contribution >= 4 is 42.7 Å². The molecule has 1 aromatic heterocycles. The first kappa shape index (κ1) is 17.6. The molecule has 0 N–H and O–H groups in total. The summed E-state index contributed by atoms with van der Waals surface area (Å²) in [6, 6.07) is 11.1. The van der Waals surface area contributed by atoms with Gasteiger partial charge in [-0.3, -0.25) is 9.78 Å². The zero-order valence-electron chi connectivity index (χ0n) is 13.5. The summed E-state index contributed by atoms with van der Waals surface area (Å²) in [6.45, 7) is 3.21. The molecule has 0 saturated carbocycles. The van der Waals surface area contributed by atoms with Crippen molar-refractivity contribution in [3.63, 3.8) is 0 Å². The summed E-state index contributed by atoms with van der Waals surface area (Å²) in [5.41, 5.74) is 1.64. The molecule has 2 aromatic carbocycles. The van der Waals surface area contributed by atoms with Crippen LogP contribution in [0.5, 0.6) is 5.75 Å². The molecular weight excluding hydrogens is 406 g/mol. The molecule has 0 amide bonds. The molecule has 3 aromatic rings. The number of aromatic nitrogens is 1. The number of benzene rings is 2. The summed E-state index contributed by atoms with van der Waals surface area (Å²) < 4.78 is 31.6. The number of nitrogens with zero attached hydrogens (tertiary/aromatic N) is 1. The fraction of sp³-hybridized carbons (Fsp3) is 0.111. The van der Waals surface area contributed by atoms with Gasteiger partial charge in [-0.25, -0.2) is 0 Å². The minimum absolute atomic E-state index is 0.00619. The Morgan fingerprint density at radius 1 is 1.16 bits per heavy atom. The molecule has 0 atom stereocenters. The average molecular weight is 420 g/mol. The Kier molecular flexibility index (Phi) is 4.62. The highest BCUT2D eigenvalue weighted by atomic mass is 79.9. The first-order valence-electron chi connectivity index (χ1n) is 7.39. The summed E-state index contributed by atoms with van der Waals surface area (Å²) in [7, 11) is -4.13. The van der Waals surface area contributed by atoms with Gasteiger partial charge in [0.2, 0.25) is 0 Å². The van der Waals surface area contributed by atoms with Crippen LogP contribution in [-0.2, 0) is 10.1 Å². The van der Waals surface area contributed by atoms with Gasteiger partial charge in [-0.05, 0) is 55.8 Å². The van der Waals surface area contributed by atoms with Crippen LogP contribution in [0.2, 0.25) is 0 Å². The zero-order valence-corrected chi connectivity index (χ0v) is 15.9. The van der Waals surface area contributed by atoms with Crippen LogP contribution in [0.15, 0.2) is 58.0 Å². The van der Waals surface area contributed by atoms with Crippen molar-refractivity contribution in [2.75, 3.05) is 0 Å². The monoisotopic (exact) mass is 419 g/mol. The molecule has 1 heterocycles. The van der Waals surface area contributed by atoms with Gasteiger partial charge in [-0.1, -0.05) is 22.0 Å². The van der Waals surface area contributed by atoms with Gasteiger partial charge < -0.3 is 4.18 Å². The number of halogens is 1. The molecule has 25 heavy (non-hydrogen) atoms. The Bertz CT molecular complexity index is 1090. The number of carbonyl (C=O) groups excluding carboxylic acids is 1. The lowest BCUT2D eigenvalue weighted by molar-refractivity contribution is 0.101. The van der Waals surface area contributed by atoms with Gasteiger partial charge in [0.05, 0.1) is 11.1 Å². The fourth-order valence-electron chi connectivity index (χ4n) is 2.52. The molecular formula is C18H14BrNO4S. The van der Waals surface area contributed by atoms with Crippen molar-refractivity contribution in [1.82, 2.24) is 4.98 Å². The lowest BCUT2D eigenvalue weighted by Gasteiger charge is -2.12. The van der Waals surface area contributed by atoms with Crippen LogP contribution >= 0.6 is 15.9 Å². The number of fused-ring (bicyclic) bond motifs is 1. The van der Waals surface area contributed by atoms with Crippen molar-refractivity contribution in [3.05, 3.63) is 64.3 Å². The molecule has 0 unspecified atom stereocenters. The van der Waals surface area contributed by atoms with E-state index in [0.717, 1.165) is 5.56 Å². The van der Waals surface area contributed by atoms with Crippen molar-refractivity contribution in [2.45, 2.75) is 18.7 Å². The van der Waals surface area contributed by atoms with E-state index in [1.54, 1.807) is 30.5 Å². The van der Waals surface area contributed by atoms with E-state index in [1.165, 1.54) is 25.1 Å². The number of pyridine rings is 1. The summed E-state index contributed by atoms with van der Waals surface area (Å²) >= 11 is 3.26. The first-order chi connectivity index (χ1) is 11.8. The zero-order chi connectivity index (χ0) is 18.2. The van der Waals surface area contributed by atoms with Gasteiger partial charge in [-0.15, -0.1) is 0 Å². The van der Waals surface area contributed by atoms with Crippen LogP contribution < -0.4 is 4.18 Å². The van der Waals surface area contributed by atoms with Crippen LogP contribution in [-0.4, -0.2) is 19.2 Å². The van der Waals surface area contributed by atoms with Gasteiger partial charge >= 0.3 is 10.1 Å². The van der Waals surface area contributed by atoms with Crippen molar-refractivity contribution in [3.8, 4) is 5.75 Å². The van der Waals surface area contributed by atoms with Gasteiger partial charge in [-0.2, -0.15) is 8.42 Å². The minimum atomic E-state index is -4.13. The molecule has 0 aliphatic rings. The smallest absolute Gasteiger partial charge is 0.339 e. The summed E-state index contributed by atoms with van der Waals surface area (Å²) in [5, 5.41) is 0.476. The quantitative estimate of drug-likeness (QED) is 0.466. The lowest BCUT2D eigenvalue weighted by atomic mass is 10.1. The molecule has 0 spiro atoms. The normalized spacial score (nSPS) is 11.5. The van der Waals surface area contributed by atoms with E-state index >= 15 is 0 Å². The largest absolute Gasteiger partial charge is 0.378 e. The van der Waals surface area contributed by atoms with Gasteiger partial charge in [0.25, 0.3) is 0 Å². The molecule has 0 aliphatic carbocycles. The predicted molar refractivity (Wildman–Crippen MR) is 98.4 cm³/mol. The summed E-state index contributed by atoms with van der Waals surface area (Å²) in [5.74, 6) is -0.296. The number of hydrogen-bond acceptors (Lipinski definition) is 5. The number of carbonyl (C=O) groups is 1. The molecule has 0 bridgehead atoms. The second-order valence-electron chi connectivity index (χ2n) is 5.51. The van der Waals surface area contributed by atoms with E-state index in [-0.39, 0.29) is 22.0 Å². The molecule has 0 fully saturated rings. The Morgan fingerprint density at radius 3 is 2.64 bits per heavy atom. The number of rotatable bonds is 4. The van der Waals surface area contributed by atoms with Crippen LogP contribution in [0.3, 0.4) is 0 Å². The van der Waals surface area contributed by atoms with Crippen molar-refractivity contribution in [1.29, 1.82) is 0 Å². The molecule has 7 heteroatoms. The third-order valence-corrected chi connectivity index (χ3v) is 5.51. The van der Waals surface area contributed by atoms with E-state index in [1.807, 2.05) is 6.92 Å². The predicted octanol–water partition coefficient (Wildman–Crippen LogP) is 4.28. The Hall–Kier alpha value is -2.25. The highest BCUT2D eigenvalue weighted by Crippen LogP contribution is 2.30. The Labute approximate surface area is 153 Å². The highest BCUT2D eigenvalue weighted by molar-refractivity contribution is 9.10. The highest BCUT2D eigenvalue weighted by Gasteiger charge is 2.23. The topological polar surface area (TPSA) is 73.3 Å². The van der Waals surface area contributed by atoms with E-state index < -0.39 is 10.1 Å². The number of ketones is 1. The standard InChI is InChI=1S/C18H14BrNO4S/c1-11-5-8-17(14-4-3-9-20-18(11)14)25(22,23)24-16-7-6-13(19)10-15(16)12(2)21/h3-10H,1-2H3. The van der Waals surface area contributed by atoms with E-state index in [4.69, 9.17) is 4.18 Å². The summed E-state index contributed by atoms with van der Waals surface area (Å²) in [6.07, 6.45) is 1.61. The molecule has 5 nitrogen and oxygen atoms in total. The third kappa shape index (κ3) is 3.43. The molecule has 0 aliphatic heterocycles. The Morgan fingerprint density at radius 2 is 1.92 bits per heavy atom. The molecule has 0 radical (unpaired) electrons. The van der Waals surface area contributed by atoms with Crippen LogP contribution in [0, 0.1) is 6.92 Å². The summed E-state index contributed by atoms with van der Waals surface area (Å²) in [4.78, 5) is 16.0. The Balaban J connectivity index is 2.14. The maximum absolute atomic E-state index is 12.8. The van der Waals surface area contributed by atoms with Crippen LogP contribution in [0.1, 0.15) is 22.8 Å². The SMILES string of the molecule is CC(=O)c1cc(Br)ccc1OS(=O)(=O)c1ccc(C)c2ncccc12. The van der Waals surface area contributed by atoms with Crippen molar-refractivity contribution < 1.29 is 17.4 Å². The fourth-order valence-corrected chi connectivity index (χ4v) is 4.02. The maximum atomic E-state index is 12.8. The number of Topliss-reactive ketones (excluding diaryl/α,β-unsaturated/α-hetero) is 1.